The molecule has 5 nitrogen and oxygen atoms in total. The summed E-state index contributed by atoms with van der Waals surface area (Å²) in [5.41, 5.74) is 3.54. The van der Waals surface area contributed by atoms with Crippen LogP contribution in [0.3, 0.4) is 0 Å². The molecule has 0 N–H and O–H groups in total. The molecule has 5 rings (SSSR count). The van der Waals surface area contributed by atoms with Gasteiger partial charge in [0.2, 0.25) is 5.91 Å². The second-order valence-corrected chi connectivity index (χ2v) is 8.66. The van der Waals surface area contributed by atoms with Crippen molar-refractivity contribution < 1.29 is 14.4 Å². The summed E-state index contributed by atoms with van der Waals surface area (Å²) in [4.78, 5) is 34.3. The molecule has 0 radical (unpaired) electrons. The van der Waals surface area contributed by atoms with Gasteiger partial charge in [-0.05, 0) is 53.9 Å². The summed E-state index contributed by atoms with van der Waals surface area (Å²) in [6, 6.07) is 24.6. The van der Waals surface area contributed by atoms with Gasteiger partial charge in [0.05, 0.1) is 17.4 Å². The van der Waals surface area contributed by atoms with Crippen molar-refractivity contribution in [3.8, 4) is 0 Å². The topological polar surface area (TPSA) is 49.9 Å². The molecule has 31 heavy (non-hydrogen) atoms. The number of hydrogen-bond acceptors (Lipinski definition) is 4. The van der Waals surface area contributed by atoms with E-state index in [9.17, 15) is 9.59 Å². The highest BCUT2D eigenvalue weighted by Crippen LogP contribution is 2.47. The van der Waals surface area contributed by atoms with Crippen molar-refractivity contribution >= 4 is 39.1 Å². The molecular weight excluding hydrogens is 456 g/mol. The zero-order valence-corrected chi connectivity index (χ0v) is 18.5. The number of benzene rings is 3. The Bertz CT molecular complexity index is 1120. The Kier molecular flexibility index (Phi) is 5.12. The van der Waals surface area contributed by atoms with Gasteiger partial charge < -0.3 is 0 Å². The number of carbonyl (C=O) groups is 2. The average Bonchev–Trinajstić information content (AvgIpc) is 3.31. The Morgan fingerprint density at radius 3 is 2.16 bits per heavy atom. The Morgan fingerprint density at radius 1 is 0.839 bits per heavy atom. The summed E-state index contributed by atoms with van der Waals surface area (Å²) in [7, 11) is 0. The number of nitrogens with zero attached hydrogens (tertiary/aromatic N) is 2. The van der Waals surface area contributed by atoms with Crippen LogP contribution in [0.25, 0.3) is 0 Å². The number of halogens is 1. The molecule has 0 unspecified atom stereocenters. The number of carbonyl (C=O) groups excluding carboxylic acids is 2. The number of amides is 2. The molecule has 0 aromatic heterocycles. The number of hydroxylamine groups is 1. The van der Waals surface area contributed by atoms with E-state index in [4.69, 9.17) is 4.84 Å². The van der Waals surface area contributed by atoms with Crippen LogP contribution >= 0.6 is 15.9 Å². The average molecular weight is 477 g/mol. The third-order valence-corrected chi connectivity index (χ3v) is 6.47. The largest absolute Gasteiger partial charge is 0.273 e. The molecule has 3 atom stereocenters. The molecule has 156 valence electrons. The lowest BCUT2D eigenvalue weighted by molar-refractivity contribution is -0.126. The number of rotatable bonds is 4. The lowest BCUT2D eigenvalue weighted by Gasteiger charge is -2.28. The highest BCUT2D eigenvalue weighted by atomic mass is 79.9. The monoisotopic (exact) mass is 476 g/mol. The quantitative estimate of drug-likeness (QED) is 0.493. The smallest absolute Gasteiger partial charge is 0.266 e. The molecule has 3 aromatic rings. The van der Waals surface area contributed by atoms with Crippen LogP contribution in [-0.2, 0) is 20.8 Å². The van der Waals surface area contributed by atoms with Crippen molar-refractivity contribution in [2.24, 2.45) is 5.92 Å². The summed E-state index contributed by atoms with van der Waals surface area (Å²) in [5, 5.41) is 1.73. The summed E-state index contributed by atoms with van der Waals surface area (Å²) < 4.78 is 0.885. The van der Waals surface area contributed by atoms with Gasteiger partial charge in [-0.25, -0.2) is 9.96 Å². The standard InChI is InChI=1S/C25H21BrN2O3/c1-2-16-8-10-17(11-9-16)22-21-23(31-28(22)20-6-4-3-5-7-20)25(30)27(24(21)29)19-14-12-18(26)13-15-19/h3-15,21-23H,2H2,1H3/t21-,22+,23-/m1/s1. The van der Waals surface area contributed by atoms with Gasteiger partial charge in [0, 0.05) is 4.47 Å². The van der Waals surface area contributed by atoms with Gasteiger partial charge >= 0.3 is 0 Å². The van der Waals surface area contributed by atoms with Crippen molar-refractivity contribution in [1.82, 2.24) is 0 Å². The van der Waals surface area contributed by atoms with Crippen LogP contribution in [0, 0.1) is 5.92 Å². The van der Waals surface area contributed by atoms with E-state index in [1.165, 1.54) is 10.5 Å². The van der Waals surface area contributed by atoms with Crippen LogP contribution in [0.1, 0.15) is 24.1 Å². The Hall–Kier alpha value is -2.96. The predicted octanol–water partition coefficient (Wildman–Crippen LogP) is 5.06. The Morgan fingerprint density at radius 2 is 1.52 bits per heavy atom. The number of aryl methyl sites for hydroxylation is 1. The summed E-state index contributed by atoms with van der Waals surface area (Å²) in [6.07, 6.45) is 0.0807. The van der Waals surface area contributed by atoms with Crippen LogP contribution in [0.4, 0.5) is 11.4 Å². The van der Waals surface area contributed by atoms with Gasteiger partial charge in [-0.15, -0.1) is 0 Å². The highest BCUT2D eigenvalue weighted by molar-refractivity contribution is 9.10. The normalized spacial score (nSPS) is 22.8. The first-order chi connectivity index (χ1) is 15.1. The maximum absolute atomic E-state index is 13.6. The first-order valence-electron chi connectivity index (χ1n) is 10.3. The lowest BCUT2D eigenvalue weighted by Crippen LogP contribution is -2.37. The van der Waals surface area contributed by atoms with Crippen LogP contribution < -0.4 is 9.96 Å². The minimum atomic E-state index is -0.854. The van der Waals surface area contributed by atoms with Crippen molar-refractivity contribution in [2.75, 3.05) is 9.96 Å². The molecule has 2 saturated heterocycles. The molecule has 6 heteroatoms. The summed E-state index contributed by atoms with van der Waals surface area (Å²) in [5.74, 6) is -1.19. The minimum absolute atomic E-state index is 0.236. The fourth-order valence-corrected chi connectivity index (χ4v) is 4.61. The van der Waals surface area contributed by atoms with E-state index in [2.05, 4.69) is 35.0 Å². The Balaban J connectivity index is 1.57. The van der Waals surface area contributed by atoms with E-state index >= 15 is 0 Å². The van der Waals surface area contributed by atoms with Crippen molar-refractivity contribution in [3.63, 3.8) is 0 Å². The van der Waals surface area contributed by atoms with Crippen LogP contribution in [0.15, 0.2) is 83.3 Å². The van der Waals surface area contributed by atoms with Gasteiger partial charge in [0.1, 0.15) is 5.92 Å². The predicted molar refractivity (Wildman–Crippen MR) is 122 cm³/mol. The highest BCUT2D eigenvalue weighted by Gasteiger charge is 2.60. The summed E-state index contributed by atoms with van der Waals surface area (Å²) >= 11 is 3.40. The molecule has 0 spiro atoms. The maximum atomic E-state index is 13.6. The molecular formula is C25H21BrN2O3. The van der Waals surface area contributed by atoms with Crippen molar-refractivity contribution in [3.05, 3.63) is 94.5 Å². The molecule has 2 heterocycles. The molecule has 0 bridgehead atoms. The second kappa shape index (κ2) is 7.94. The van der Waals surface area contributed by atoms with Crippen molar-refractivity contribution in [2.45, 2.75) is 25.5 Å². The third kappa shape index (κ3) is 3.36. The van der Waals surface area contributed by atoms with E-state index in [1.54, 1.807) is 17.2 Å². The van der Waals surface area contributed by atoms with Crippen LogP contribution in [-0.4, -0.2) is 17.9 Å². The summed E-state index contributed by atoms with van der Waals surface area (Å²) in [6.45, 7) is 2.11. The van der Waals surface area contributed by atoms with E-state index < -0.39 is 18.1 Å². The number of fused-ring (bicyclic) bond motifs is 1. The molecule has 2 fully saturated rings. The van der Waals surface area contributed by atoms with Gasteiger partial charge in [0.15, 0.2) is 6.10 Å². The second-order valence-electron chi connectivity index (χ2n) is 7.74. The van der Waals surface area contributed by atoms with Crippen LogP contribution in [0.5, 0.6) is 0 Å². The van der Waals surface area contributed by atoms with Gasteiger partial charge in [-0.3, -0.25) is 14.4 Å². The Labute approximate surface area is 189 Å². The SMILES string of the molecule is CCc1ccc([C@H]2[C@H]3C(=O)N(c4ccc(Br)cc4)C(=O)[C@@H]3ON2c2ccccc2)cc1. The zero-order valence-electron chi connectivity index (χ0n) is 16.9. The number of para-hydroxylation sites is 1. The lowest BCUT2D eigenvalue weighted by atomic mass is 9.90. The molecule has 0 saturated carbocycles. The molecule has 2 amide bonds. The third-order valence-electron chi connectivity index (χ3n) is 5.94. The molecule has 0 aliphatic carbocycles. The minimum Gasteiger partial charge on any atom is -0.273 e. The van der Waals surface area contributed by atoms with Gasteiger partial charge in [-0.1, -0.05) is 65.3 Å². The van der Waals surface area contributed by atoms with E-state index in [0.717, 1.165) is 22.1 Å². The molecule has 2 aliphatic heterocycles. The van der Waals surface area contributed by atoms with E-state index in [1.807, 2.05) is 54.6 Å². The fourth-order valence-electron chi connectivity index (χ4n) is 4.35. The fraction of sp³-hybridized carbons (Fsp3) is 0.200. The van der Waals surface area contributed by atoms with Crippen LogP contribution in [0.2, 0.25) is 0 Å². The number of imide groups is 1. The van der Waals surface area contributed by atoms with Crippen molar-refractivity contribution in [1.29, 1.82) is 0 Å². The maximum Gasteiger partial charge on any atom is 0.266 e. The number of anilines is 2. The van der Waals surface area contributed by atoms with Gasteiger partial charge in [-0.2, -0.15) is 0 Å². The van der Waals surface area contributed by atoms with Gasteiger partial charge in [0.25, 0.3) is 5.91 Å². The molecule has 3 aromatic carbocycles. The van der Waals surface area contributed by atoms with E-state index in [0.29, 0.717) is 5.69 Å². The number of hydrogen-bond donors (Lipinski definition) is 0. The first kappa shape index (κ1) is 20.0. The first-order valence-corrected chi connectivity index (χ1v) is 11.1. The van der Waals surface area contributed by atoms with E-state index in [-0.39, 0.29) is 11.8 Å². The zero-order chi connectivity index (χ0) is 21.5. The molecule has 2 aliphatic rings.